The minimum absolute atomic E-state index is 0.308. The fraction of sp³-hybridized carbons (Fsp3) is 0.708. The molecule has 1 aromatic rings. The molecule has 3 heteroatoms. The molecule has 0 unspecified atom stereocenters. The van der Waals surface area contributed by atoms with Gasteiger partial charge in [-0.3, -0.25) is 4.79 Å². The Morgan fingerprint density at radius 1 is 0.926 bits per heavy atom. The smallest absolute Gasteiger partial charge is 0.220 e. The van der Waals surface area contributed by atoms with Gasteiger partial charge in [-0.05, 0) is 69.6 Å². The second kappa shape index (κ2) is 11.5. The second-order valence-electron chi connectivity index (χ2n) is 8.69. The van der Waals surface area contributed by atoms with E-state index in [1.54, 1.807) is 0 Å². The molecule has 0 atom stereocenters. The summed E-state index contributed by atoms with van der Waals surface area (Å²) in [6, 6.07) is 11.2. The molecule has 1 heterocycles. The molecular formula is C24H38N2O. The largest absolute Gasteiger partial charge is 0.353 e. The average Bonchev–Trinajstić information content (AvgIpc) is 2.66. The van der Waals surface area contributed by atoms with E-state index in [-0.39, 0.29) is 0 Å². The molecule has 0 aromatic heterocycles. The van der Waals surface area contributed by atoms with Crippen LogP contribution in [0.3, 0.4) is 0 Å². The number of amides is 1. The highest BCUT2D eigenvalue weighted by Crippen LogP contribution is 2.22. The van der Waals surface area contributed by atoms with E-state index in [0.29, 0.717) is 17.9 Å². The summed E-state index contributed by atoms with van der Waals surface area (Å²) in [6.07, 6.45) is 14.5. The topological polar surface area (TPSA) is 32.3 Å². The molecule has 1 aliphatic heterocycles. The number of piperidine rings is 1. The predicted molar refractivity (Wildman–Crippen MR) is 113 cm³/mol. The number of carbonyl (C=O) groups is 1. The van der Waals surface area contributed by atoms with E-state index in [0.717, 1.165) is 19.5 Å². The van der Waals surface area contributed by atoms with E-state index in [1.165, 1.54) is 82.7 Å². The number of rotatable bonds is 7. The van der Waals surface area contributed by atoms with Gasteiger partial charge in [0.05, 0.1) is 0 Å². The molecule has 1 N–H and O–H groups in total. The summed E-state index contributed by atoms with van der Waals surface area (Å²) in [5.41, 5.74) is 1.44. The Hall–Kier alpha value is -1.35. The maximum atomic E-state index is 12.5. The summed E-state index contributed by atoms with van der Waals surface area (Å²) < 4.78 is 0. The Kier molecular flexibility index (Phi) is 8.67. The van der Waals surface area contributed by atoms with Gasteiger partial charge >= 0.3 is 0 Å². The lowest BCUT2D eigenvalue weighted by Crippen LogP contribution is -2.39. The average molecular weight is 371 g/mol. The molecule has 1 amide bonds. The highest BCUT2D eigenvalue weighted by molar-refractivity contribution is 5.76. The van der Waals surface area contributed by atoms with E-state index in [4.69, 9.17) is 0 Å². The van der Waals surface area contributed by atoms with Gasteiger partial charge in [0.25, 0.3) is 0 Å². The lowest BCUT2D eigenvalue weighted by atomic mass is 9.92. The molecule has 0 bridgehead atoms. The van der Waals surface area contributed by atoms with Crippen molar-refractivity contribution in [3.05, 3.63) is 35.9 Å². The van der Waals surface area contributed by atoms with Crippen molar-refractivity contribution in [3.8, 4) is 0 Å². The number of benzene rings is 1. The molecule has 150 valence electrons. The quantitative estimate of drug-likeness (QED) is 0.736. The van der Waals surface area contributed by atoms with Crippen LogP contribution < -0.4 is 5.32 Å². The molecule has 1 aromatic carbocycles. The first-order chi connectivity index (χ1) is 13.3. The summed E-state index contributed by atoms with van der Waals surface area (Å²) in [4.78, 5) is 15.1. The van der Waals surface area contributed by atoms with Crippen LogP contribution in [0.2, 0.25) is 0 Å². The van der Waals surface area contributed by atoms with Crippen molar-refractivity contribution in [2.24, 2.45) is 5.92 Å². The van der Waals surface area contributed by atoms with E-state index in [2.05, 4.69) is 40.5 Å². The summed E-state index contributed by atoms with van der Waals surface area (Å²) in [5.74, 6) is 0.895. The molecule has 0 radical (unpaired) electrons. The van der Waals surface area contributed by atoms with Crippen LogP contribution >= 0.6 is 0 Å². The fourth-order valence-electron chi connectivity index (χ4n) is 4.71. The Bertz CT molecular complexity index is 529. The van der Waals surface area contributed by atoms with E-state index in [1.807, 2.05) is 0 Å². The maximum Gasteiger partial charge on any atom is 0.220 e. The van der Waals surface area contributed by atoms with Gasteiger partial charge in [-0.15, -0.1) is 0 Å². The van der Waals surface area contributed by atoms with Crippen LogP contribution in [0, 0.1) is 5.92 Å². The number of hydrogen-bond acceptors (Lipinski definition) is 2. The molecule has 1 saturated carbocycles. The molecular weight excluding hydrogens is 332 g/mol. The number of hydrogen-bond donors (Lipinski definition) is 1. The van der Waals surface area contributed by atoms with Crippen molar-refractivity contribution in [2.75, 3.05) is 19.6 Å². The first-order valence-corrected chi connectivity index (χ1v) is 11.4. The Labute approximate surface area is 165 Å². The molecule has 0 spiro atoms. The van der Waals surface area contributed by atoms with Gasteiger partial charge in [0.1, 0.15) is 0 Å². The molecule has 1 saturated heterocycles. The normalized spacial score (nSPS) is 20.7. The third-order valence-corrected chi connectivity index (χ3v) is 6.43. The van der Waals surface area contributed by atoms with Crippen molar-refractivity contribution in [2.45, 2.75) is 83.1 Å². The van der Waals surface area contributed by atoms with Gasteiger partial charge in [-0.25, -0.2) is 0 Å². The highest BCUT2D eigenvalue weighted by atomic mass is 16.1. The zero-order chi connectivity index (χ0) is 18.7. The Morgan fingerprint density at radius 2 is 1.59 bits per heavy atom. The summed E-state index contributed by atoms with van der Waals surface area (Å²) in [5, 5.41) is 3.35. The SMILES string of the molecule is O=C(CC1CCN(CCCc2ccccc2)CC1)NC1CCCCCCC1. The van der Waals surface area contributed by atoms with Crippen LogP contribution in [0.4, 0.5) is 0 Å². The van der Waals surface area contributed by atoms with Crippen LogP contribution in [0.1, 0.15) is 76.2 Å². The first-order valence-electron chi connectivity index (χ1n) is 11.4. The number of nitrogens with one attached hydrogen (secondary N) is 1. The molecule has 3 nitrogen and oxygen atoms in total. The summed E-state index contributed by atoms with van der Waals surface area (Å²) in [7, 11) is 0. The predicted octanol–water partition coefficient (Wildman–Crippen LogP) is 4.95. The molecule has 3 rings (SSSR count). The molecule has 27 heavy (non-hydrogen) atoms. The summed E-state index contributed by atoms with van der Waals surface area (Å²) >= 11 is 0. The first kappa shape index (κ1) is 20.4. The number of carbonyl (C=O) groups excluding carboxylic acids is 1. The van der Waals surface area contributed by atoms with Gasteiger partial charge in [0.2, 0.25) is 5.91 Å². The van der Waals surface area contributed by atoms with Crippen molar-refractivity contribution in [1.82, 2.24) is 10.2 Å². The lowest BCUT2D eigenvalue weighted by Gasteiger charge is -2.32. The van der Waals surface area contributed by atoms with Gasteiger partial charge in [0.15, 0.2) is 0 Å². The molecule has 2 aliphatic rings. The number of likely N-dealkylation sites (tertiary alicyclic amines) is 1. The van der Waals surface area contributed by atoms with Crippen molar-refractivity contribution in [3.63, 3.8) is 0 Å². The molecule has 1 aliphatic carbocycles. The molecule has 2 fully saturated rings. The number of aryl methyl sites for hydroxylation is 1. The van der Waals surface area contributed by atoms with Gasteiger partial charge in [-0.1, -0.05) is 62.4 Å². The monoisotopic (exact) mass is 370 g/mol. The summed E-state index contributed by atoms with van der Waals surface area (Å²) in [6.45, 7) is 3.52. The fourth-order valence-corrected chi connectivity index (χ4v) is 4.71. The number of nitrogens with zero attached hydrogens (tertiary/aromatic N) is 1. The zero-order valence-corrected chi connectivity index (χ0v) is 17.0. The van der Waals surface area contributed by atoms with Crippen molar-refractivity contribution in [1.29, 1.82) is 0 Å². The van der Waals surface area contributed by atoms with Crippen LogP contribution in [-0.2, 0) is 11.2 Å². The standard InChI is InChI=1S/C24H38N2O/c27-24(25-23-13-7-2-1-3-8-14-23)20-22-15-18-26(19-16-22)17-9-12-21-10-5-4-6-11-21/h4-6,10-11,22-23H,1-3,7-9,12-20H2,(H,25,27). The Morgan fingerprint density at radius 3 is 2.30 bits per heavy atom. The van der Waals surface area contributed by atoms with Crippen LogP contribution in [0.25, 0.3) is 0 Å². The Balaban J connectivity index is 1.28. The third kappa shape index (κ3) is 7.65. The van der Waals surface area contributed by atoms with E-state index >= 15 is 0 Å². The minimum atomic E-state index is 0.308. The minimum Gasteiger partial charge on any atom is -0.353 e. The van der Waals surface area contributed by atoms with E-state index in [9.17, 15) is 4.79 Å². The second-order valence-corrected chi connectivity index (χ2v) is 8.69. The van der Waals surface area contributed by atoms with Crippen LogP contribution in [0.15, 0.2) is 30.3 Å². The van der Waals surface area contributed by atoms with Crippen LogP contribution in [0.5, 0.6) is 0 Å². The maximum absolute atomic E-state index is 12.5. The van der Waals surface area contributed by atoms with Crippen molar-refractivity contribution >= 4 is 5.91 Å². The van der Waals surface area contributed by atoms with Gasteiger partial charge < -0.3 is 10.2 Å². The zero-order valence-electron chi connectivity index (χ0n) is 17.0. The van der Waals surface area contributed by atoms with Crippen molar-refractivity contribution < 1.29 is 4.79 Å². The third-order valence-electron chi connectivity index (χ3n) is 6.43. The van der Waals surface area contributed by atoms with Gasteiger partial charge in [0, 0.05) is 12.5 Å². The van der Waals surface area contributed by atoms with Crippen LogP contribution in [-0.4, -0.2) is 36.5 Å². The van der Waals surface area contributed by atoms with E-state index < -0.39 is 0 Å². The highest BCUT2D eigenvalue weighted by Gasteiger charge is 2.22. The lowest BCUT2D eigenvalue weighted by molar-refractivity contribution is -0.123. The van der Waals surface area contributed by atoms with Gasteiger partial charge in [-0.2, -0.15) is 0 Å².